The fourth-order valence-electron chi connectivity index (χ4n) is 2.97. The van der Waals surface area contributed by atoms with Crippen LogP contribution < -0.4 is 10.6 Å². The third-order valence-corrected chi connectivity index (χ3v) is 4.31. The minimum absolute atomic E-state index is 0.0101. The Balaban J connectivity index is 1.41. The second-order valence-corrected chi connectivity index (χ2v) is 6.34. The first-order valence-corrected chi connectivity index (χ1v) is 8.47. The smallest absolute Gasteiger partial charge is 0.254 e. The highest BCUT2D eigenvalue weighted by molar-refractivity contribution is 5.94. The number of aryl methyl sites for hydroxylation is 1. The number of aromatic nitrogens is 2. The van der Waals surface area contributed by atoms with Crippen molar-refractivity contribution in [3.63, 3.8) is 0 Å². The van der Waals surface area contributed by atoms with Crippen molar-refractivity contribution in [1.82, 2.24) is 20.0 Å². The van der Waals surface area contributed by atoms with E-state index in [1.165, 1.54) is 0 Å². The van der Waals surface area contributed by atoms with Crippen LogP contribution in [0.5, 0.6) is 0 Å². The molecule has 2 heterocycles. The molecule has 7 nitrogen and oxygen atoms in total. The summed E-state index contributed by atoms with van der Waals surface area (Å²) < 4.78 is 1.61. The molecule has 2 N–H and O–H groups in total. The Labute approximate surface area is 147 Å². The van der Waals surface area contributed by atoms with Crippen molar-refractivity contribution in [3.8, 4) is 0 Å². The lowest BCUT2D eigenvalue weighted by atomic mass is 10.0. The minimum Gasteiger partial charge on any atom is -0.349 e. The average molecular weight is 341 g/mol. The number of nitrogens with zero attached hydrogens (tertiary/aromatic N) is 3. The number of para-hydroxylation sites is 1. The van der Waals surface area contributed by atoms with Gasteiger partial charge < -0.3 is 10.6 Å². The molecule has 0 atom stereocenters. The maximum absolute atomic E-state index is 12.1. The molecule has 3 rings (SSSR count). The van der Waals surface area contributed by atoms with Gasteiger partial charge >= 0.3 is 0 Å². The first-order valence-electron chi connectivity index (χ1n) is 8.47. The third kappa shape index (κ3) is 4.90. The molecule has 2 aromatic rings. The number of likely N-dealkylation sites (tertiary alicyclic amines) is 1. The monoisotopic (exact) mass is 341 g/mol. The Morgan fingerprint density at radius 3 is 2.56 bits per heavy atom. The van der Waals surface area contributed by atoms with Gasteiger partial charge in [0.2, 0.25) is 5.91 Å². The van der Waals surface area contributed by atoms with Gasteiger partial charge in [0.15, 0.2) is 0 Å². The molecule has 2 amide bonds. The molecular formula is C18H23N5O2. The van der Waals surface area contributed by atoms with Crippen molar-refractivity contribution in [3.05, 3.63) is 48.3 Å². The maximum atomic E-state index is 12.1. The van der Waals surface area contributed by atoms with Crippen molar-refractivity contribution in [1.29, 1.82) is 0 Å². The van der Waals surface area contributed by atoms with Gasteiger partial charge in [-0.2, -0.15) is 5.10 Å². The number of benzene rings is 1. The normalized spacial score (nSPS) is 15.7. The van der Waals surface area contributed by atoms with Gasteiger partial charge in [0.1, 0.15) is 0 Å². The van der Waals surface area contributed by atoms with E-state index >= 15 is 0 Å². The zero-order valence-corrected chi connectivity index (χ0v) is 14.3. The number of hydrogen-bond donors (Lipinski definition) is 2. The molecule has 132 valence electrons. The predicted octanol–water partition coefficient (Wildman–Crippen LogP) is 1.25. The fourth-order valence-corrected chi connectivity index (χ4v) is 2.97. The molecule has 0 saturated carbocycles. The van der Waals surface area contributed by atoms with Gasteiger partial charge in [-0.05, 0) is 25.0 Å². The number of amides is 2. The summed E-state index contributed by atoms with van der Waals surface area (Å²) in [7, 11) is 1.79. The molecule has 0 unspecified atom stereocenters. The molecule has 1 aromatic carbocycles. The van der Waals surface area contributed by atoms with E-state index in [1.807, 2.05) is 30.3 Å². The second-order valence-electron chi connectivity index (χ2n) is 6.34. The number of carbonyl (C=O) groups excluding carboxylic acids is 2. The first kappa shape index (κ1) is 17.2. The topological polar surface area (TPSA) is 79.3 Å². The van der Waals surface area contributed by atoms with Crippen LogP contribution in [0.1, 0.15) is 23.2 Å². The highest BCUT2D eigenvalue weighted by Gasteiger charge is 2.22. The predicted molar refractivity (Wildman–Crippen MR) is 95.2 cm³/mol. The Morgan fingerprint density at radius 1 is 1.20 bits per heavy atom. The van der Waals surface area contributed by atoms with Crippen molar-refractivity contribution >= 4 is 17.5 Å². The average Bonchev–Trinajstić information content (AvgIpc) is 3.04. The lowest BCUT2D eigenvalue weighted by Crippen LogP contribution is -2.46. The highest BCUT2D eigenvalue weighted by atomic mass is 16.2. The van der Waals surface area contributed by atoms with E-state index in [4.69, 9.17) is 0 Å². The van der Waals surface area contributed by atoms with Crippen LogP contribution >= 0.6 is 0 Å². The van der Waals surface area contributed by atoms with Crippen LogP contribution in [0.3, 0.4) is 0 Å². The summed E-state index contributed by atoms with van der Waals surface area (Å²) in [6, 6.07) is 9.59. The molecule has 7 heteroatoms. The lowest BCUT2D eigenvalue weighted by molar-refractivity contribution is -0.117. The molecule has 1 aromatic heterocycles. The Morgan fingerprint density at radius 2 is 1.92 bits per heavy atom. The standard InChI is InChI=1S/C18H23N5O2/c1-22-12-14(11-19-22)18(25)21-16-7-9-23(10-8-16)13-17(24)20-15-5-3-2-4-6-15/h2-6,11-12,16H,7-10,13H2,1H3,(H,20,24)(H,21,25). The molecule has 25 heavy (non-hydrogen) atoms. The molecule has 1 saturated heterocycles. The molecule has 0 spiro atoms. The van der Waals surface area contributed by atoms with Crippen molar-refractivity contribution < 1.29 is 9.59 Å². The molecule has 1 aliphatic rings. The van der Waals surface area contributed by atoms with E-state index in [0.29, 0.717) is 12.1 Å². The summed E-state index contributed by atoms with van der Waals surface area (Å²) in [6.45, 7) is 1.96. The van der Waals surface area contributed by atoms with Gasteiger partial charge in [0.05, 0.1) is 18.3 Å². The quantitative estimate of drug-likeness (QED) is 0.858. The molecule has 0 radical (unpaired) electrons. The third-order valence-electron chi connectivity index (χ3n) is 4.31. The van der Waals surface area contributed by atoms with Gasteiger partial charge in [0, 0.05) is 38.1 Å². The van der Waals surface area contributed by atoms with E-state index in [-0.39, 0.29) is 17.9 Å². The van der Waals surface area contributed by atoms with Gasteiger partial charge in [-0.25, -0.2) is 0 Å². The van der Waals surface area contributed by atoms with Crippen LogP contribution in [0.25, 0.3) is 0 Å². The molecule has 0 bridgehead atoms. The van der Waals surface area contributed by atoms with E-state index in [9.17, 15) is 9.59 Å². The van der Waals surface area contributed by atoms with Crippen LogP contribution in [-0.2, 0) is 11.8 Å². The minimum atomic E-state index is -0.0895. The molecule has 1 fully saturated rings. The van der Waals surface area contributed by atoms with Crippen molar-refractivity contribution in [2.24, 2.45) is 7.05 Å². The summed E-state index contributed by atoms with van der Waals surface area (Å²) in [5.41, 5.74) is 1.39. The molecular weight excluding hydrogens is 318 g/mol. The Hall–Kier alpha value is -2.67. The van der Waals surface area contributed by atoms with Gasteiger partial charge in [-0.15, -0.1) is 0 Å². The summed E-state index contributed by atoms with van der Waals surface area (Å²) in [4.78, 5) is 26.4. The number of carbonyl (C=O) groups is 2. The van der Waals surface area contributed by atoms with Gasteiger partial charge in [0.25, 0.3) is 5.91 Å². The van der Waals surface area contributed by atoms with Gasteiger partial charge in [-0.1, -0.05) is 18.2 Å². The number of anilines is 1. The summed E-state index contributed by atoms with van der Waals surface area (Å²) >= 11 is 0. The van der Waals surface area contributed by atoms with E-state index in [2.05, 4.69) is 20.6 Å². The summed E-state index contributed by atoms with van der Waals surface area (Å²) in [5, 5.41) is 9.95. The van der Waals surface area contributed by atoms with Crippen LogP contribution in [0.15, 0.2) is 42.7 Å². The molecule has 1 aliphatic heterocycles. The zero-order chi connectivity index (χ0) is 17.6. The van der Waals surface area contributed by atoms with Crippen molar-refractivity contribution in [2.45, 2.75) is 18.9 Å². The maximum Gasteiger partial charge on any atom is 0.254 e. The summed E-state index contributed by atoms with van der Waals surface area (Å²) in [6.07, 6.45) is 4.95. The second kappa shape index (κ2) is 7.94. The van der Waals surface area contributed by atoms with Crippen LogP contribution in [0.4, 0.5) is 5.69 Å². The van der Waals surface area contributed by atoms with E-state index in [1.54, 1.807) is 24.1 Å². The van der Waals surface area contributed by atoms with Crippen LogP contribution in [0.2, 0.25) is 0 Å². The number of piperidine rings is 1. The van der Waals surface area contributed by atoms with Gasteiger partial charge in [-0.3, -0.25) is 19.2 Å². The first-order chi connectivity index (χ1) is 12.1. The fraction of sp³-hybridized carbons (Fsp3) is 0.389. The van der Waals surface area contributed by atoms with E-state index in [0.717, 1.165) is 31.6 Å². The highest BCUT2D eigenvalue weighted by Crippen LogP contribution is 2.12. The van der Waals surface area contributed by atoms with Crippen LogP contribution in [-0.4, -0.2) is 52.2 Å². The lowest BCUT2D eigenvalue weighted by Gasteiger charge is -2.31. The Kier molecular flexibility index (Phi) is 5.45. The molecule has 0 aliphatic carbocycles. The number of rotatable bonds is 5. The summed E-state index contributed by atoms with van der Waals surface area (Å²) in [5.74, 6) is -0.0996. The SMILES string of the molecule is Cn1cc(C(=O)NC2CCN(CC(=O)Nc3ccccc3)CC2)cn1. The number of hydrogen-bond acceptors (Lipinski definition) is 4. The van der Waals surface area contributed by atoms with E-state index < -0.39 is 0 Å². The Bertz CT molecular complexity index is 720. The van der Waals surface area contributed by atoms with Crippen LogP contribution in [0, 0.1) is 0 Å². The zero-order valence-electron chi connectivity index (χ0n) is 14.3. The largest absolute Gasteiger partial charge is 0.349 e. The number of nitrogens with one attached hydrogen (secondary N) is 2. The van der Waals surface area contributed by atoms with Crippen molar-refractivity contribution in [2.75, 3.05) is 25.0 Å².